The van der Waals surface area contributed by atoms with Crippen molar-refractivity contribution in [3.05, 3.63) is 61.4 Å². The van der Waals surface area contributed by atoms with E-state index < -0.39 is 0 Å². The highest BCUT2D eigenvalue weighted by Crippen LogP contribution is 2.29. The molecule has 2 aromatic heterocycles. The minimum Gasteiger partial charge on any atom is -0.495 e. The molecular weight excluding hydrogens is 412 g/mol. The van der Waals surface area contributed by atoms with Crippen LogP contribution < -0.4 is 9.64 Å². The Morgan fingerprint density at radius 2 is 2.06 bits per heavy atom. The molecule has 1 amide bonds. The second kappa shape index (κ2) is 10.9. The molecule has 9 heteroatoms. The average molecular weight is 435 g/mol. The summed E-state index contributed by atoms with van der Waals surface area (Å²) in [6, 6.07) is 13.1. The molecule has 1 aromatic carbocycles. The summed E-state index contributed by atoms with van der Waals surface area (Å²) in [7, 11) is 1.55. The molecule has 31 heavy (non-hydrogen) atoms. The van der Waals surface area contributed by atoms with Gasteiger partial charge in [0.1, 0.15) is 5.75 Å². The summed E-state index contributed by atoms with van der Waals surface area (Å²) in [5, 5.41) is 18.2. The average Bonchev–Trinajstić information content (AvgIpc) is 3.21. The fraction of sp³-hybridized carbons (Fsp3) is 0.227. The number of aromatic nitrogens is 4. The molecule has 0 fully saturated rings. The first kappa shape index (κ1) is 22.1. The Morgan fingerprint density at radius 3 is 2.77 bits per heavy atom. The fourth-order valence-corrected chi connectivity index (χ4v) is 3.83. The van der Waals surface area contributed by atoms with Crippen LogP contribution in [0.2, 0.25) is 0 Å². The van der Waals surface area contributed by atoms with Crippen LogP contribution in [0.1, 0.15) is 6.42 Å². The monoisotopic (exact) mass is 434 g/mol. The summed E-state index contributed by atoms with van der Waals surface area (Å²) < 4.78 is 7.30. The van der Waals surface area contributed by atoms with Gasteiger partial charge in [0.25, 0.3) is 0 Å². The number of allylic oxidation sites excluding steroid dienone is 1. The van der Waals surface area contributed by atoms with Gasteiger partial charge in [-0.2, -0.15) is 5.26 Å². The van der Waals surface area contributed by atoms with Crippen molar-refractivity contribution in [2.24, 2.45) is 0 Å². The van der Waals surface area contributed by atoms with E-state index in [9.17, 15) is 4.79 Å². The van der Waals surface area contributed by atoms with Crippen molar-refractivity contribution in [3.63, 3.8) is 0 Å². The van der Waals surface area contributed by atoms with Crippen molar-refractivity contribution < 1.29 is 9.53 Å². The van der Waals surface area contributed by atoms with E-state index >= 15 is 0 Å². The second-order valence-corrected chi connectivity index (χ2v) is 7.30. The number of anilines is 1. The molecule has 0 atom stereocenters. The molecule has 0 saturated heterocycles. The summed E-state index contributed by atoms with van der Waals surface area (Å²) >= 11 is 1.29. The fourth-order valence-electron chi connectivity index (χ4n) is 3.00. The van der Waals surface area contributed by atoms with Crippen molar-refractivity contribution >= 4 is 23.4 Å². The first-order valence-electron chi connectivity index (χ1n) is 9.57. The summed E-state index contributed by atoms with van der Waals surface area (Å²) in [4.78, 5) is 18.7. The molecule has 0 N–H and O–H groups in total. The lowest BCUT2D eigenvalue weighted by Gasteiger charge is -2.23. The van der Waals surface area contributed by atoms with Crippen molar-refractivity contribution in [1.82, 2.24) is 19.7 Å². The van der Waals surface area contributed by atoms with Crippen molar-refractivity contribution in [2.45, 2.75) is 18.1 Å². The SMILES string of the molecule is C=CCn1c(SCC(=O)N(CCC#N)c2ccccc2OC)nnc1-c1ccncc1. The van der Waals surface area contributed by atoms with Crippen LogP contribution in [-0.4, -0.2) is 45.1 Å². The maximum Gasteiger partial charge on any atom is 0.237 e. The third kappa shape index (κ3) is 5.29. The molecule has 0 radical (unpaired) electrons. The largest absolute Gasteiger partial charge is 0.495 e. The van der Waals surface area contributed by atoms with E-state index in [1.807, 2.05) is 28.8 Å². The topological polar surface area (TPSA) is 96.9 Å². The van der Waals surface area contributed by atoms with Crippen molar-refractivity contribution in [3.8, 4) is 23.2 Å². The number of rotatable bonds is 10. The first-order valence-corrected chi connectivity index (χ1v) is 10.6. The number of carbonyl (C=O) groups is 1. The highest BCUT2D eigenvalue weighted by Gasteiger charge is 2.21. The number of pyridine rings is 1. The number of methoxy groups -OCH3 is 1. The number of amides is 1. The minimum atomic E-state index is -0.150. The van der Waals surface area contributed by atoms with Gasteiger partial charge in [0.15, 0.2) is 11.0 Å². The molecule has 0 spiro atoms. The van der Waals surface area contributed by atoms with Crippen LogP contribution >= 0.6 is 11.8 Å². The minimum absolute atomic E-state index is 0.134. The first-order chi connectivity index (χ1) is 15.2. The predicted molar refractivity (Wildman–Crippen MR) is 120 cm³/mol. The third-order valence-electron chi connectivity index (χ3n) is 4.42. The number of nitriles is 1. The van der Waals surface area contributed by atoms with E-state index in [-0.39, 0.29) is 24.6 Å². The summed E-state index contributed by atoms with van der Waals surface area (Å²) in [5.41, 5.74) is 1.52. The van der Waals surface area contributed by atoms with Crippen LogP contribution in [0.3, 0.4) is 0 Å². The lowest BCUT2D eigenvalue weighted by atomic mass is 10.2. The van der Waals surface area contributed by atoms with Gasteiger partial charge < -0.3 is 9.64 Å². The maximum atomic E-state index is 13.1. The highest BCUT2D eigenvalue weighted by molar-refractivity contribution is 7.99. The van der Waals surface area contributed by atoms with Crippen LogP contribution in [0, 0.1) is 11.3 Å². The molecule has 0 bridgehead atoms. The lowest BCUT2D eigenvalue weighted by Crippen LogP contribution is -2.33. The number of nitrogens with zero attached hydrogens (tertiary/aromatic N) is 6. The zero-order chi connectivity index (χ0) is 22.1. The standard InChI is InChI=1S/C22H22N6O2S/c1-3-14-28-21(17-9-12-24-13-10-17)25-26-22(28)31-16-20(29)27(15-6-11-23)18-7-4-5-8-19(18)30-2/h3-5,7-10,12-13H,1,6,14-16H2,2H3. The Kier molecular flexibility index (Phi) is 7.79. The molecule has 0 aliphatic rings. The van der Waals surface area contributed by atoms with Crippen LogP contribution in [0.15, 0.2) is 66.6 Å². The normalized spacial score (nSPS) is 10.3. The number of hydrogen-bond donors (Lipinski definition) is 0. The van der Waals surface area contributed by atoms with Crippen LogP contribution in [-0.2, 0) is 11.3 Å². The summed E-state index contributed by atoms with van der Waals surface area (Å²) in [5.74, 6) is 1.25. The smallest absolute Gasteiger partial charge is 0.237 e. The van der Waals surface area contributed by atoms with Gasteiger partial charge in [-0.25, -0.2) is 0 Å². The van der Waals surface area contributed by atoms with Gasteiger partial charge in [-0.15, -0.1) is 16.8 Å². The number of ether oxygens (including phenoxy) is 1. The van der Waals surface area contributed by atoms with Gasteiger partial charge in [0.2, 0.25) is 5.91 Å². The van der Waals surface area contributed by atoms with Gasteiger partial charge in [-0.1, -0.05) is 30.0 Å². The van der Waals surface area contributed by atoms with E-state index in [4.69, 9.17) is 10.00 Å². The summed E-state index contributed by atoms with van der Waals surface area (Å²) in [6.07, 6.45) is 5.36. The van der Waals surface area contributed by atoms with Gasteiger partial charge >= 0.3 is 0 Å². The number of benzene rings is 1. The van der Waals surface area contributed by atoms with E-state index in [0.29, 0.717) is 29.0 Å². The molecule has 3 rings (SSSR count). The van der Waals surface area contributed by atoms with Gasteiger partial charge in [0.05, 0.1) is 31.0 Å². The molecule has 0 saturated carbocycles. The molecule has 2 heterocycles. The molecular formula is C22H22N6O2S. The Labute approximate surface area is 185 Å². The number of para-hydroxylation sites is 2. The van der Waals surface area contributed by atoms with Gasteiger partial charge in [0, 0.05) is 31.0 Å². The highest BCUT2D eigenvalue weighted by atomic mass is 32.2. The second-order valence-electron chi connectivity index (χ2n) is 6.36. The summed E-state index contributed by atoms with van der Waals surface area (Å²) in [6.45, 7) is 4.59. The molecule has 0 aliphatic carbocycles. The molecule has 0 unspecified atom stereocenters. The molecule has 8 nitrogen and oxygen atoms in total. The van der Waals surface area contributed by atoms with E-state index in [1.54, 1.807) is 42.6 Å². The van der Waals surface area contributed by atoms with Crippen LogP contribution in [0.25, 0.3) is 11.4 Å². The number of thioether (sulfide) groups is 1. The van der Waals surface area contributed by atoms with Crippen molar-refractivity contribution in [1.29, 1.82) is 5.26 Å². The number of carbonyl (C=O) groups excluding carboxylic acids is 1. The predicted octanol–water partition coefficient (Wildman–Crippen LogP) is 3.57. The Morgan fingerprint density at radius 1 is 1.29 bits per heavy atom. The van der Waals surface area contributed by atoms with Crippen LogP contribution in [0.5, 0.6) is 5.75 Å². The number of hydrogen-bond acceptors (Lipinski definition) is 7. The van der Waals surface area contributed by atoms with Crippen LogP contribution in [0.4, 0.5) is 5.69 Å². The zero-order valence-electron chi connectivity index (χ0n) is 17.1. The molecule has 158 valence electrons. The molecule has 3 aromatic rings. The molecule has 0 aliphatic heterocycles. The third-order valence-corrected chi connectivity index (χ3v) is 5.37. The van der Waals surface area contributed by atoms with E-state index in [2.05, 4.69) is 27.8 Å². The Balaban J connectivity index is 1.81. The Bertz CT molecular complexity index is 1080. The maximum absolute atomic E-state index is 13.1. The zero-order valence-corrected chi connectivity index (χ0v) is 18.0. The van der Waals surface area contributed by atoms with E-state index in [1.165, 1.54) is 11.8 Å². The Hall–Kier alpha value is -3.64. The quantitative estimate of drug-likeness (QED) is 0.355. The van der Waals surface area contributed by atoms with Gasteiger partial charge in [-0.05, 0) is 24.3 Å². The van der Waals surface area contributed by atoms with E-state index in [0.717, 1.165) is 5.56 Å². The van der Waals surface area contributed by atoms with Crippen molar-refractivity contribution in [2.75, 3.05) is 24.3 Å². The lowest BCUT2D eigenvalue weighted by molar-refractivity contribution is -0.116. The van der Waals surface area contributed by atoms with Gasteiger partial charge in [-0.3, -0.25) is 14.3 Å².